The fourth-order valence-electron chi connectivity index (χ4n) is 1.69. The van der Waals surface area contributed by atoms with Gasteiger partial charge in [0.2, 0.25) is 0 Å². The number of halogens is 1. The molecule has 0 saturated heterocycles. The molecule has 0 spiro atoms. The normalized spacial score (nSPS) is 10.3. The highest BCUT2D eigenvalue weighted by Gasteiger charge is 2.09. The van der Waals surface area contributed by atoms with E-state index in [1.165, 1.54) is 7.11 Å². The molecule has 2 rings (SSSR count). The van der Waals surface area contributed by atoms with Gasteiger partial charge in [0.15, 0.2) is 11.5 Å². The van der Waals surface area contributed by atoms with Gasteiger partial charge in [-0.15, -0.1) is 0 Å². The van der Waals surface area contributed by atoms with Crippen molar-refractivity contribution < 1.29 is 9.84 Å². The molecule has 4 nitrogen and oxygen atoms in total. The van der Waals surface area contributed by atoms with E-state index in [0.29, 0.717) is 22.9 Å². The first-order valence-electron chi connectivity index (χ1n) is 5.82. The standard InChI is InChI=1S/C14H15ClN2O2/c1-9-3-4-12(8-16-9)17-7-10-5-11(15)6-13(19-2)14(10)18/h3-6,8,17-18H,7H2,1-2H3. The number of phenolic OH excluding ortho intramolecular Hbond substituents is 1. The van der Waals surface area contributed by atoms with E-state index in [9.17, 15) is 5.11 Å². The lowest BCUT2D eigenvalue weighted by Gasteiger charge is -2.11. The Morgan fingerprint density at radius 1 is 1.37 bits per heavy atom. The van der Waals surface area contributed by atoms with E-state index in [1.54, 1.807) is 18.3 Å². The van der Waals surface area contributed by atoms with E-state index in [0.717, 1.165) is 11.4 Å². The van der Waals surface area contributed by atoms with E-state index >= 15 is 0 Å². The van der Waals surface area contributed by atoms with Gasteiger partial charge in [0.1, 0.15) is 0 Å². The molecule has 1 aromatic heterocycles. The van der Waals surface area contributed by atoms with Crippen LogP contribution in [0.1, 0.15) is 11.3 Å². The van der Waals surface area contributed by atoms with Gasteiger partial charge in [0.25, 0.3) is 0 Å². The maximum Gasteiger partial charge on any atom is 0.162 e. The summed E-state index contributed by atoms with van der Waals surface area (Å²) in [6, 6.07) is 7.13. The molecule has 0 fully saturated rings. The van der Waals surface area contributed by atoms with E-state index in [1.807, 2.05) is 19.1 Å². The highest BCUT2D eigenvalue weighted by atomic mass is 35.5. The van der Waals surface area contributed by atoms with Crippen LogP contribution in [0.2, 0.25) is 5.02 Å². The second kappa shape index (κ2) is 5.80. The Bertz CT molecular complexity index is 570. The predicted octanol–water partition coefficient (Wildman–Crippen LogP) is 3.37. The maximum atomic E-state index is 10.00. The number of aromatic hydroxyl groups is 1. The van der Waals surface area contributed by atoms with Gasteiger partial charge in [0.05, 0.1) is 19.0 Å². The third-order valence-corrected chi connectivity index (χ3v) is 2.95. The Balaban J connectivity index is 2.15. The largest absolute Gasteiger partial charge is 0.504 e. The predicted molar refractivity (Wildman–Crippen MR) is 76.0 cm³/mol. The van der Waals surface area contributed by atoms with Crippen molar-refractivity contribution in [3.63, 3.8) is 0 Å². The quantitative estimate of drug-likeness (QED) is 0.900. The van der Waals surface area contributed by atoms with Crippen molar-refractivity contribution in [1.82, 2.24) is 4.98 Å². The number of aryl methyl sites for hydroxylation is 1. The van der Waals surface area contributed by atoms with Crippen molar-refractivity contribution in [2.45, 2.75) is 13.5 Å². The summed E-state index contributed by atoms with van der Waals surface area (Å²) in [5.41, 5.74) is 2.51. The molecular weight excluding hydrogens is 264 g/mol. The number of phenols is 1. The van der Waals surface area contributed by atoms with Crippen LogP contribution >= 0.6 is 11.6 Å². The number of hydrogen-bond acceptors (Lipinski definition) is 4. The number of hydrogen-bond donors (Lipinski definition) is 2. The lowest BCUT2D eigenvalue weighted by atomic mass is 10.2. The Morgan fingerprint density at radius 3 is 2.79 bits per heavy atom. The number of benzene rings is 1. The van der Waals surface area contributed by atoms with E-state index in [-0.39, 0.29) is 5.75 Å². The monoisotopic (exact) mass is 278 g/mol. The van der Waals surface area contributed by atoms with Crippen LogP contribution in [0.15, 0.2) is 30.5 Å². The summed E-state index contributed by atoms with van der Waals surface area (Å²) in [6.45, 7) is 2.37. The molecule has 0 unspecified atom stereocenters. The van der Waals surface area contributed by atoms with Crippen LogP contribution in [0, 0.1) is 6.92 Å². The van der Waals surface area contributed by atoms with Crippen LogP contribution in [0.5, 0.6) is 11.5 Å². The first kappa shape index (κ1) is 13.5. The molecule has 0 aliphatic carbocycles. The Labute approximate surface area is 117 Å². The number of anilines is 1. The lowest BCUT2D eigenvalue weighted by molar-refractivity contribution is 0.371. The van der Waals surface area contributed by atoms with Crippen molar-refractivity contribution in [1.29, 1.82) is 0 Å². The summed E-state index contributed by atoms with van der Waals surface area (Å²) in [7, 11) is 1.49. The molecule has 5 heteroatoms. The minimum Gasteiger partial charge on any atom is -0.504 e. The third-order valence-electron chi connectivity index (χ3n) is 2.73. The molecule has 0 aliphatic heterocycles. The highest BCUT2D eigenvalue weighted by Crippen LogP contribution is 2.33. The topological polar surface area (TPSA) is 54.4 Å². The molecule has 0 aliphatic rings. The molecule has 0 bridgehead atoms. The van der Waals surface area contributed by atoms with Gasteiger partial charge >= 0.3 is 0 Å². The third kappa shape index (κ3) is 3.29. The smallest absolute Gasteiger partial charge is 0.162 e. The van der Waals surface area contributed by atoms with Crippen LogP contribution in [0.4, 0.5) is 5.69 Å². The van der Waals surface area contributed by atoms with Crippen LogP contribution < -0.4 is 10.1 Å². The molecule has 0 atom stereocenters. The summed E-state index contributed by atoms with van der Waals surface area (Å²) in [5, 5.41) is 13.7. The first-order chi connectivity index (χ1) is 9.10. The Hall–Kier alpha value is -1.94. The summed E-state index contributed by atoms with van der Waals surface area (Å²) in [4.78, 5) is 4.19. The van der Waals surface area contributed by atoms with Gasteiger partial charge in [-0.3, -0.25) is 4.98 Å². The molecule has 2 aromatic rings. The molecule has 1 aromatic carbocycles. The van der Waals surface area contributed by atoms with E-state index < -0.39 is 0 Å². The van der Waals surface area contributed by atoms with Gasteiger partial charge < -0.3 is 15.2 Å². The average Bonchev–Trinajstić information content (AvgIpc) is 2.41. The molecular formula is C14H15ClN2O2. The Morgan fingerprint density at radius 2 is 2.16 bits per heavy atom. The average molecular weight is 279 g/mol. The molecule has 0 saturated carbocycles. The second-order valence-corrected chi connectivity index (χ2v) is 4.59. The maximum absolute atomic E-state index is 10.00. The van der Waals surface area contributed by atoms with Gasteiger partial charge in [-0.05, 0) is 25.1 Å². The number of methoxy groups -OCH3 is 1. The van der Waals surface area contributed by atoms with Crippen LogP contribution in [-0.2, 0) is 6.54 Å². The number of nitrogens with one attached hydrogen (secondary N) is 1. The van der Waals surface area contributed by atoms with Crippen molar-refractivity contribution in [2.75, 3.05) is 12.4 Å². The number of ether oxygens (including phenoxy) is 1. The van der Waals surface area contributed by atoms with Crippen molar-refractivity contribution in [3.8, 4) is 11.5 Å². The lowest BCUT2D eigenvalue weighted by Crippen LogP contribution is -2.01. The SMILES string of the molecule is COc1cc(Cl)cc(CNc2ccc(C)nc2)c1O. The number of aromatic nitrogens is 1. The van der Waals surface area contributed by atoms with Crippen LogP contribution in [-0.4, -0.2) is 17.2 Å². The summed E-state index contributed by atoms with van der Waals surface area (Å²) >= 11 is 5.97. The number of nitrogens with zero attached hydrogens (tertiary/aromatic N) is 1. The molecule has 100 valence electrons. The van der Waals surface area contributed by atoms with Gasteiger partial charge in [-0.1, -0.05) is 11.6 Å². The summed E-state index contributed by atoms with van der Waals surface area (Å²) in [6.07, 6.45) is 1.74. The number of rotatable bonds is 4. The van der Waals surface area contributed by atoms with Crippen LogP contribution in [0.3, 0.4) is 0 Å². The number of pyridine rings is 1. The van der Waals surface area contributed by atoms with Crippen molar-refractivity contribution >= 4 is 17.3 Å². The first-order valence-corrected chi connectivity index (χ1v) is 6.20. The molecule has 19 heavy (non-hydrogen) atoms. The molecule has 2 N–H and O–H groups in total. The summed E-state index contributed by atoms with van der Waals surface area (Å²) in [5.74, 6) is 0.464. The van der Waals surface area contributed by atoms with Gasteiger partial charge in [0, 0.05) is 28.9 Å². The van der Waals surface area contributed by atoms with Gasteiger partial charge in [-0.2, -0.15) is 0 Å². The molecule has 0 amide bonds. The van der Waals surface area contributed by atoms with Gasteiger partial charge in [-0.25, -0.2) is 0 Å². The molecule has 1 heterocycles. The summed E-state index contributed by atoms with van der Waals surface area (Å²) < 4.78 is 5.06. The Kier molecular flexibility index (Phi) is 4.12. The van der Waals surface area contributed by atoms with E-state index in [4.69, 9.17) is 16.3 Å². The van der Waals surface area contributed by atoms with Crippen molar-refractivity contribution in [2.24, 2.45) is 0 Å². The fourth-order valence-corrected chi connectivity index (χ4v) is 1.92. The zero-order valence-corrected chi connectivity index (χ0v) is 11.5. The minimum atomic E-state index is 0.0967. The van der Waals surface area contributed by atoms with Crippen molar-refractivity contribution in [3.05, 3.63) is 46.7 Å². The highest BCUT2D eigenvalue weighted by molar-refractivity contribution is 6.30. The van der Waals surface area contributed by atoms with Crippen LogP contribution in [0.25, 0.3) is 0 Å². The zero-order chi connectivity index (χ0) is 13.8. The zero-order valence-electron chi connectivity index (χ0n) is 10.8. The second-order valence-electron chi connectivity index (χ2n) is 4.16. The minimum absolute atomic E-state index is 0.0967. The fraction of sp³-hybridized carbons (Fsp3) is 0.214. The molecule has 0 radical (unpaired) electrons. The van der Waals surface area contributed by atoms with E-state index in [2.05, 4.69) is 10.3 Å².